The Labute approximate surface area is 385 Å². The molecule has 64 heavy (non-hydrogen) atoms. The summed E-state index contributed by atoms with van der Waals surface area (Å²) in [6.07, 6.45) is 1.92. The van der Waals surface area contributed by atoms with Gasteiger partial charge in [0.05, 0.1) is 79.7 Å². The number of nitriles is 2. The third-order valence-electron chi connectivity index (χ3n) is 12.6. The first-order valence-corrected chi connectivity index (χ1v) is 25.1. The fourth-order valence-corrected chi connectivity index (χ4v) is 12.9. The van der Waals surface area contributed by atoms with Crippen LogP contribution in [0.1, 0.15) is 73.6 Å². The zero-order valence-corrected chi connectivity index (χ0v) is 38.7. The van der Waals surface area contributed by atoms with Crippen molar-refractivity contribution < 1.29 is 35.9 Å². The molecule has 2 amide bonds. The molecule has 4 aromatic carbocycles. The molecule has 0 aromatic heterocycles. The smallest absolute Gasteiger partial charge is 0.227 e. The van der Waals surface area contributed by atoms with Crippen LogP contribution < -0.4 is 10.6 Å². The first-order valence-electron chi connectivity index (χ1n) is 21.3. The summed E-state index contributed by atoms with van der Waals surface area (Å²) in [4.78, 5) is 26.2. The van der Waals surface area contributed by atoms with Crippen molar-refractivity contribution >= 4 is 54.7 Å². The highest BCUT2D eigenvalue weighted by Crippen LogP contribution is 2.42. The zero-order chi connectivity index (χ0) is 45.9. The number of rotatable bonds is 14. The van der Waals surface area contributed by atoms with Gasteiger partial charge in [-0.1, -0.05) is 107 Å². The van der Waals surface area contributed by atoms with Gasteiger partial charge < -0.3 is 20.1 Å². The molecule has 4 aliphatic rings. The van der Waals surface area contributed by atoms with Gasteiger partial charge in [0.2, 0.25) is 11.8 Å². The molecule has 0 heterocycles. The van der Waals surface area contributed by atoms with Crippen molar-refractivity contribution in [2.24, 2.45) is 11.8 Å². The second kappa shape index (κ2) is 19.4. The lowest BCUT2D eigenvalue weighted by atomic mass is 10.0. The minimum absolute atomic E-state index is 0.0701. The Hall–Kier alpha value is -4.80. The predicted molar refractivity (Wildman–Crippen MR) is 241 cm³/mol. The summed E-state index contributed by atoms with van der Waals surface area (Å²) < 4.78 is 65.4. The number of hydrogen-bond acceptors (Lipinski definition) is 10. The summed E-state index contributed by atoms with van der Waals surface area (Å²) in [6.45, 7) is 4.54. The van der Waals surface area contributed by atoms with E-state index in [-0.39, 0.29) is 70.5 Å². The van der Waals surface area contributed by atoms with Crippen LogP contribution in [0.15, 0.2) is 107 Å². The average molecular weight is 946 g/mol. The van der Waals surface area contributed by atoms with Crippen LogP contribution >= 0.6 is 23.2 Å². The summed E-state index contributed by atoms with van der Waals surface area (Å²) in [5.74, 6) is -1.97. The van der Waals surface area contributed by atoms with Crippen LogP contribution in [-0.2, 0) is 52.0 Å². The number of benzene rings is 4. The van der Waals surface area contributed by atoms with Crippen molar-refractivity contribution in [2.75, 3.05) is 0 Å². The molecular formula is C48H50Cl2N4O8S2. The largest absolute Gasteiger partial charge is 0.373 e. The predicted octanol–water partition coefficient (Wildman–Crippen LogP) is 7.92. The lowest BCUT2D eigenvalue weighted by Crippen LogP contribution is -2.42. The lowest BCUT2D eigenvalue weighted by molar-refractivity contribution is -0.131. The van der Waals surface area contributed by atoms with Gasteiger partial charge in [0, 0.05) is 0 Å². The minimum Gasteiger partial charge on any atom is -0.373 e. The Balaban J connectivity index is 0.000000191. The molecule has 0 saturated heterocycles. The maximum absolute atomic E-state index is 13.3. The number of halogens is 2. The van der Waals surface area contributed by atoms with Gasteiger partial charge in [0.25, 0.3) is 0 Å². The highest BCUT2D eigenvalue weighted by Gasteiger charge is 2.52. The van der Waals surface area contributed by atoms with Crippen molar-refractivity contribution in [2.45, 2.75) is 122 Å². The zero-order valence-electron chi connectivity index (χ0n) is 35.5. The molecule has 0 unspecified atom stereocenters. The van der Waals surface area contributed by atoms with Crippen molar-refractivity contribution in [3.05, 3.63) is 129 Å². The van der Waals surface area contributed by atoms with E-state index in [9.17, 15) is 36.9 Å². The van der Waals surface area contributed by atoms with Crippen molar-refractivity contribution in [1.82, 2.24) is 10.6 Å². The first kappa shape index (κ1) is 47.2. The number of carbonyl (C=O) groups excluding carboxylic acids is 2. The second-order valence-corrected chi connectivity index (χ2v) is 22.6. The van der Waals surface area contributed by atoms with Gasteiger partial charge in [-0.05, 0) is 101 Å². The van der Waals surface area contributed by atoms with Gasteiger partial charge in [-0.3, -0.25) is 9.59 Å². The minimum atomic E-state index is -3.75. The summed E-state index contributed by atoms with van der Waals surface area (Å²) in [7, 11) is -7.50. The van der Waals surface area contributed by atoms with Gasteiger partial charge >= 0.3 is 0 Å². The number of sulfone groups is 2. The molecule has 12 nitrogen and oxygen atoms in total. The quantitative estimate of drug-likeness (QED) is 0.126. The monoisotopic (exact) mass is 944 g/mol. The van der Waals surface area contributed by atoms with Crippen LogP contribution in [0.25, 0.3) is 0 Å². The van der Waals surface area contributed by atoms with E-state index in [0.29, 0.717) is 25.7 Å². The van der Waals surface area contributed by atoms with Crippen LogP contribution in [0.5, 0.6) is 0 Å². The molecule has 4 aromatic rings. The lowest BCUT2D eigenvalue weighted by Gasteiger charge is -2.21. The van der Waals surface area contributed by atoms with E-state index in [4.69, 9.17) is 32.7 Å². The van der Waals surface area contributed by atoms with Crippen LogP contribution in [0.2, 0.25) is 10.0 Å². The van der Waals surface area contributed by atoms with E-state index in [2.05, 4.69) is 22.8 Å². The molecule has 8 rings (SSSR count). The molecule has 4 saturated carbocycles. The van der Waals surface area contributed by atoms with Gasteiger partial charge in [-0.15, -0.1) is 0 Å². The van der Waals surface area contributed by atoms with Crippen molar-refractivity contribution in [3.63, 3.8) is 0 Å². The fourth-order valence-electron chi connectivity index (χ4n) is 8.26. The molecule has 0 radical (unpaired) electrons. The standard InChI is InChI=1S/2C24H25ClN2O4S/c2*1-16-6-8-17(9-7-16)14-31-21-13-18(32(29,30)22-5-3-2-4-20(22)25)12-19(21)23(28)27-24(15-26)10-11-24/h2*2-9,18-19,21H,10-14H2,1H3,(H,27,28)/t2*18-,19-,21-/m10/s1. The summed E-state index contributed by atoms with van der Waals surface area (Å²) in [5.41, 5.74) is 2.51. The number of amides is 2. The SMILES string of the molecule is Cc1ccc(CO[C@@H]2C[C@H](S(=O)(=O)c3ccccc3Cl)C[C@H]2C(=O)NC2(C#N)CC2)cc1.Cc1ccc(CO[C@H]2C[C@@H](S(=O)(=O)c3ccccc3Cl)C[C@@H]2C(=O)NC2(C#N)CC2)cc1. The fraction of sp³-hybridized carbons (Fsp3) is 0.417. The Kier molecular flexibility index (Phi) is 14.3. The highest BCUT2D eigenvalue weighted by molar-refractivity contribution is 7.92. The molecule has 2 N–H and O–H groups in total. The van der Waals surface area contributed by atoms with Crippen LogP contribution in [0.4, 0.5) is 0 Å². The Morgan fingerprint density at radius 2 is 0.938 bits per heavy atom. The third kappa shape index (κ3) is 10.8. The molecule has 16 heteroatoms. The van der Waals surface area contributed by atoms with E-state index in [1.807, 2.05) is 62.4 Å². The first-order chi connectivity index (χ1) is 30.5. The van der Waals surface area contributed by atoms with Crippen molar-refractivity contribution in [1.29, 1.82) is 10.5 Å². The third-order valence-corrected chi connectivity index (χ3v) is 17.9. The molecule has 4 aliphatic carbocycles. The molecule has 0 spiro atoms. The maximum Gasteiger partial charge on any atom is 0.227 e. The van der Waals surface area contributed by atoms with Crippen molar-refractivity contribution in [3.8, 4) is 12.1 Å². The number of aryl methyl sites for hydroxylation is 2. The Morgan fingerprint density at radius 3 is 1.25 bits per heavy atom. The van der Waals surface area contributed by atoms with Gasteiger partial charge in [0.1, 0.15) is 11.1 Å². The second-order valence-electron chi connectivity index (χ2n) is 17.4. The number of nitrogens with one attached hydrogen (secondary N) is 2. The molecule has 336 valence electrons. The number of nitrogens with zero attached hydrogens (tertiary/aromatic N) is 2. The number of hydrogen-bond donors (Lipinski definition) is 2. The van der Waals surface area contributed by atoms with Gasteiger partial charge in [-0.25, -0.2) is 16.8 Å². The van der Waals surface area contributed by atoms with E-state index >= 15 is 0 Å². The van der Waals surface area contributed by atoms with E-state index in [1.54, 1.807) is 36.4 Å². The summed E-state index contributed by atoms with van der Waals surface area (Å²) >= 11 is 12.3. The number of carbonyl (C=O) groups is 2. The van der Waals surface area contributed by atoms with E-state index < -0.39 is 65.3 Å². The number of ether oxygens (including phenoxy) is 2. The highest BCUT2D eigenvalue weighted by atomic mass is 35.5. The summed E-state index contributed by atoms with van der Waals surface area (Å²) in [6, 6.07) is 32.7. The van der Waals surface area contributed by atoms with Gasteiger partial charge in [0.15, 0.2) is 19.7 Å². The summed E-state index contributed by atoms with van der Waals surface area (Å²) in [5, 5.41) is 23.1. The normalized spacial score (nSPS) is 24.0. The maximum atomic E-state index is 13.3. The molecular weight excluding hydrogens is 896 g/mol. The molecule has 0 aliphatic heterocycles. The van der Waals surface area contributed by atoms with Crippen LogP contribution in [0, 0.1) is 48.3 Å². The Bertz CT molecular complexity index is 2490. The molecule has 6 atom stereocenters. The average Bonchev–Trinajstić information content (AvgIpc) is 4.13. The van der Waals surface area contributed by atoms with E-state index in [0.717, 1.165) is 22.3 Å². The van der Waals surface area contributed by atoms with Crippen LogP contribution in [0.3, 0.4) is 0 Å². The van der Waals surface area contributed by atoms with E-state index in [1.165, 1.54) is 12.1 Å². The van der Waals surface area contributed by atoms with Gasteiger partial charge in [-0.2, -0.15) is 10.5 Å². The molecule has 0 bridgehead atoms. The molecule has 4 fully saturated rings. The Morgan fingerprint density at radius 1 is 0.594 bits per heavy atom. The topological polar surface area (TPSA) is 193 Å². The van der Waals surface area contributed by atoms with Crippen LogP contribution in [-0.4, -0.2) is 62.4 Å².